The number of fused-ring (bicyclic) bond motifs is 1. The number of amides is 1. The number of aromatic nitrogens is 1. The molecule has 1 aliphatic heterocycles. The largest absolute Gasteiger partial charge is 0.492 e. The first-order chi connectivity index (χ1) is 19.6. The second-order valence-corrected chi connectivity index (χ2v) is 11.2. The summed E-state index contributed by atoms with van der Waals surface area (Å²) >= 11 is 0. The summed E-state index contributed by atoms with van der Waals surface area (Å²) < 4.78 is 7.65. The molecule has 1 aliphatic rings. The molecule has 5 N–H and O–H groups in total. The highest BCUT2D eigenvalue weighted by molar-refractivity contribution is 6.09. The van der Waals surface area contributed by atoms with Crippen molar-refractivity contribution in [3.8, 4) is 22.9 Å². The lowest BCUT2D eigenvalue weighted by molar-refractivity contribution is 0.0939. The van der Waals surface area contributed by atoms with Gasteiger partial charge in [-0.15, -0.1) is 0 Å². The maximum Gasteiger partial charge on any atom is 0.268 e. The maximum atomic E-state index is 13.6. The van der Waals surface area contributed by atoms with Crippen molar-refractivity contribution in [2.45, 2.75) is 39.6 Å². The van der Waals surface area contributed by atoms with Crippen LogP contribution in [0.5, 0.6) is 5.75 Å². The highest BCUT2D eigenvalue weighted by atomic mass is 16.5. The zero-order chi connectivity index (χ0) is 29.6. The third-order valence-electron chi connectivity index (χ3n) is 6.91. The van der Waals surface area contributed by atoms with Crippen LogP contribution in [0.3, 0.4) is 0 Å². The Labute approximate surface area is 242 Å². The molecule has 10 heteroatoms. The normalized spacial score (nSPS) is 13.9. The maximum absolute atomic E-state index is 13.6. The predicted molar refractivity (Wildman–Crippen MR) is 163 cm³/mol. The Bertz CT molecular complexity index is 1420. The number of anilines is 1. The topological polar surface area (TPSA) is 128 Å². The molecule has 0 unspecified atom stereocenters. The number of hydrogen-bond donors (Lipinski definition) is 5. The van der Waals surface area contributed by atoms with Crippen LogP contribution >= 0.6 is 0 Å². The first-order valence-corrected chi connectivity index (χ1v) is 13.8. The molecular weight excluding hydrogens is 516 g/mol. The van der Waals surface area contributed by atoms with Crippen molar-refractivity contribution in [2.75, 3.05) is 39.6 Å². The number of rotatable bonds is 11. The van der Waals surface area contributed by atoms with Gasteiger partial charge in [0.25, 0.3) is 5.91 Å². The molecule has 216 valence electrons. The summed E-state index contributed by atoms with van der Waals surface area (Å²) in [5.41, 5.74) is 4.29. The summed E-state index contributed by atoms with van der Waals surface area (Å²) in [5, 5.41) is 25.3. The molecule has 2 heterocycles. The fraction of sp³-hybridized carbons (Fsp3) is 0.387. The summed E-state index contributed by atoms with van der Waals surface area (Å²) in [4.78, 5) is 18.1. The SMILES string of the molecule is CNCCOc1ccc(-c2ccc(CNC(=O)c3cc4c(n3CC(C)(C)C)NC(C#N)=NC4(NC)NC)cc2)cc1. The van der Waals surface area contributed by atoms with Crippen LogP contribution in [0.1, 0.15) is 42.4 Å². The number of aliphatic imine (C=N–C) groups is 1. The van der Waals surface area contributed by atoms with Gasteiger partial charge in [-0.2, -0.15) is 5.26 Å². The van der Waals surface area contributed by atoms with E-state index in [0.29, 0.717) is 31.2 Å². The molecular formula is C31H40N8O2. The van der Waals surface area contributed by atoms with Crippen molar-refractivity contribution in [1.82, 2.24) is 25.8 Å². The lowest BCUT2D eigenvalue weighted by Crippen LogP contribution is -2.52. The van der Waals surface area contributed by atoms with E-state index in [1.807, 2.05) is 54.1 Å². The Balaban J connectivity index is 1.51. The standard InChI is InChI=1S/C31H40N8O2/c1-30(2,3)20-39-26(17-25-28(39)37-27(18-32)38-31(25,34-5)35-6)29(40)36-19-21-7-9-22(10-8-21)23-11-13-24(14-12-23)41-16-15-33-4/h7-14,17,33-35H,15-16,19-20H2,1-6H3,(H,36,40)(H,37,38). The van der Waals surface area contributed by atoms with Crippen LogP contribution < -0.4 is 31.3 Å². The van der Waals surface area contributed by atoms with Crippen LogP contribution in [0, 0.1) is 16.7 Å². The first-order valence-electron chi connectivity index (χ1n) is 13.8. The Morgan fingerprint density at radius 2 is 1.68 bits per heavy atom. The number of nitriles is 1. The van der Waals surface area contributed by atoms with Gasteiger partial charge >= 0.3 is 0 Å². The lowest BCUT2D eigenvalue weighted by Gasteiger charge is -2.34. The molecule has 3 aromatic rings. The quantitative estimate of drug-likeness (QED) is 0.180. The van der Waals surface area contributed by atoms with E-state index >= 15 is 0 Å². The van der Waals surface area contributed by atoms with Gasteiger partial charge in [-0.25, -0.2) is 4.99 Å². The van der Waals surface area contributed by atoms with Crippen LogP contribution in [0.15, 0.2) is 59.6 Å². The average molecular weight is 557 g/mol. The molecule has 0 spiro atoms. The van der Waals surface area contributed by atoms with Crippen molar-refractivity contribution in [2.24, 2.45) is 10.4 Å². The average Bonchev–Trinajstić information content (AvgIpc) is 3.33. The molecule has 0 saturated heterocycles. The number of likely N-dealkylation sites (N-methyl/N-ethyl adjacent to an activating group) is 1. The van der Waals surface area contributed by atoms with Gasteiger partial charge < -0.3 is 25.3 Å². The van der Waals surface area contributed by atoms with Crippen molar-refractivity contribution in [1.29, 1.82) is 5.26 Å². The van der Waals surface area contributed by atoms with Crippen molar-refractivity contribution < 1.29 is 9.53 Å². The van der Waals surface area contributed by atoms with Crippen molar-refractivity contribution in [3.63, 3.8) is 0 Å². The van der Waals surface area contributed by atoms with Gasteiger partial charge in [0, 0.05) is 19.6 Å². The predicted octanol–water partition coefficient (Wildman–Crippen LogP) is 3.63. The Hall–Kier alpha value is -4.17. The van der Waals surface area contributed by atoms with E-state index in [-0.39, 0.29) is 17.2 Å². The molecule has 0 atom stereocenters. The molecule has 0 aliphatic carbocycles. The Kier molecular flexibility index (Phi) is 9.13. The number of carbonyl (C=O) groups is 1. The van der Waals surface area contributed by atoms with Crippen LogP contribution in [-0.4, -0.2) is 50.6 Å². The third-order valence-corrected chi connectivity index (χ3v) is 6.91. The minimum Gasteiger partial charge on any atom is -0.492 e. The third kappa shape index (κ3) is 6.77. The monoisotopic (exact) mass is 556 g/mol. The zero-order valence-electron chi connectivity index (χ0n) is 24.7. The summed E-state index contributed by atoms with van der Waals surface area (Å²) in [6, 6.07) is 20.1. The second-order valence-electron chi connectivity index (χ2n) is 11.2. The first kappa shape index (κ1) is 29.8. The molecule has 0 fully saturated rings. The van der Waals surface area contributed by atoms with Gasteiger partial charge in [0.1, 0.15) is 29.9 Å². The Morgan fingerprint density at radius 1 is 1.05 bits per heavy atom. The van der Waals surface area contributed by atoms with Crippen LogP contribution in [0.4, 0.5) is 5.82 Å². The number of nitrogens with zero attached hydrogens (tertiary/aromatic N) is 3. The highest BCUT2D eigenvalue weighted by Crippen LogP contribution is 2.36. The van der Waals surface area contributed by atoms with E-state index in [4.69, 9.17) is 4.74 Å². The van der Waals surface area contributed by atoms with Gasteiger partial charge in [0.15, 0.2) is 5.79 Å². The van der Waals surface area contributed by atoms with E-state index < -0.39 is 5.79 Å². The minimum atomic E-state index is -1.03. The van der Waals surface area contributed by atoms with Crippen LogP contribution in [-0.2, 0) is 18.9 Å². The van der Waals surface area contributed by atoms with Gasteiger partial charge in [-0.3, -0.25) is 15.4 Å². The molecule has 0 bridgehead atoms. The summed E-state index contributed by atoms with van der Waals surface area (Å²) in [6.45, 7) is 8.69. The minimum absolute atomic E-state index is 0.125. The summed E-state index contributed by atoms with van der Waals surface area (Å²) in [7, 11) is 5.43. The lowest BCUT2D eigenvalue weighted by atomic mass is 9.96. The smallest absolute Gasteiger partial charge is 0.268 e. The van der Waals surface area contributed by atoms with Crippen LogP contribution in [0.25, 0.3) is 11.1 Å². The number of benzene rings is 2. The molecule has 0 saturated carbocycles. The molecule has 4 rings (SSSR count). The number of nitrogens with one attached hydrogen (secondary N) is 5. The van der Waals surface area contributed by atoms with E-state index in [2.05, 4.69) is 70.5 Å². The van der Waals surface area contributed by atoms with E-state index in [1.54, 1.807) is 14.1 Å². The number of carbonyl (C=O) groups excluding carboxylic acids is 1. The zero-order valence-corrected chi connectivity index (χ0v) is 24.7. The van der Waals surface area contributed by atoms with Crippen molar-refractivity contribution in [3.05, 3.63) is 71.4 Å². The van der Waals surface area contributed by atoms with Gasteiger partial charge in [0.05, 0.1) is 5.56 Å². The molecule has 2 aromatic carbocycles. The molecule has 0 radical (unpaired) electrons. The Morgan fingerprint density at radius 3 is 2.24 bits per heavy atom. The van der Waals surface area contributed by atoms with Crippen LogP contribution in [0.2, 0.25) is 0 Å². The van der Waals surface area contributed by atoms with Crippen molar-refractivity contribution >= 4 is 17.6 Å². The highest BCUT2D eigenvalue weighted by Gasteiger charge is 2.39. The molecule has 10 nitrogen and oxygen atoms in total. The fourth-order valence-electron chi connectivity index (χ4n) is 4.82. The number of hydrogen-bond acceptors (Lipinski definition) is 8. The summed E-state index contributed by atoms with van der Waals surface area (Å²) in [5.74, 6) is 0.438. The van der Waals surface area contributed by atoms with E-state index in [9.17, 15) is 10.1 Å². The summed E-state index contributed by atoms with van der Waals surface area (Å²) in [6.07, 6.45) is 0. The van der Waals surface area contributed by atoms with Gasteiger partial charge in [-0.05, 0) is 61.4 Å². The number of amidine groups is 1. The fourth-order valence-corrected chi connectivity index (χ4v) is 4.82. The van der Waals surface area contributed by atoms with Gasteiger partial charge in [-0.1, -0.05) is 57.2 Å². The van der Waals surface area contributed by atoms with E-state index in [1.165, 1.54) is 0 Å². The van der Waals surface area contributed by atoms with Gasteiger partial charge in [0.2, 0.25) is 5.84 Å². The van der Waals surface area contributed by atoms with E-state index in [0.717, 1.165) is 34.5 Å². The molecule has 1 aromatic heterocycles. The molecule has 1 amide bonds. The molecule has 41 heavy (non-hydrogen) atoms. The second kappa shape index (κ2) is 12.6. The number of ether oxygens (including phenoxy) is 1.